The number of unbranched alkanes of at least 4 members (excludes halogenated alkanes) is 18. The van der Waals surface area contributed by atoms with E-state index in [9.17, 15) is 21.4 Å². The second-order valence-electron chi connectivity index (χ2n) is 12.3. The van der Waals surface area contributed by atoms with Gasteiger partial charge in [0.1, 0.15) is 0 Å². The number of nitrogen functional groups attached to an aromatic ring is 1. The molecular formula is C36H61NO7S2Ti. The average molecular weight is 732 g/mol. The minimum atomic E-state index is -4.17. The molecule has 0 aliphatic rings. The third-order valence-corrected chi connectivity index (χ3v) is 10.1. The van der Waals surface area contributed by atoms with E-state index in [1.165, 1.54) is 133 Å². The van der Waals surface area contributed by atoms with E-state index in [1.807, 2.05) is 0 Å². The number of rotatable bonds is 24. The molecule has 0 unspecified atom stereocenters. The molecule has 0 spiro atoms. The molecule has 268 valence electrons. The van der Waals surface area contributed by atoms with Crippen LogP contribution in [0.2, 0.25) is 0 Å². The Morgan fingerprint density at radius 1 is 0.532 bits per heavy atom. The standard InChI is InChI=1S/C30H54O3S.C6H7NO3S.O.Ti/c1-3-5-7-9-11-13-15-17-19-21-24-28-25-23-27-30(34(31,32)33)29(28)26-22-20-18-16-14-12-10-8-6-4-2;7-5-1-3-6(4-2-5)11(8,9)10;;/h23,25,27H,3-22,24,26H2,1-2H3,(H,31,32,33);1-4H,7H2,(H,8,9,10);;. The van der Waals surface area contributed by atoms with Crippen molar-refractivity contribution in [1.29, 1.82) is 0 Å². The molecule has 0 bridgehead atoms. The van der Waals surface area contributed by atoms with Crippen LogP contribution in [-0.2, 0) is 56.8 Å². The van der Waals surface area contributed by atoms with Crippen LogP contribution in [0, 0.1) is 0 Å². The molecule has 0 atom stereocenters. The summed E-state index contributed by atoms with van der Waals surface area (Å²) in [6, 6.07) is 10.7. The topological polar surface area (TPSA) is 152 Å². The Morgan fingerprint density at radius 2 is 0.915 bits per heavy atom. The first-order valence-corrected chi connectivity index (χ1v) is 21.1. The molecule has 8 nitrogen and oxygen atoms in total. The van der Waals surface area contributed by atoms with Gasteiger partial charge in [-0.15, -0.1) is 0 Å². The molecule has 2 aromatic rings. The zero-order chi connectivity index (χ0) is 35.4. The summed E-state index contributed by atoms with van der Waals surface area (Å²) in [5, 5.41) is 0. The van der Waals surface area contributed by atoms with Gasteiger partial charge in [0.2, 0.25) is 0 Å². The van der Waals surface area contributed by atoms with Crippen molar-refractivity contribution in [1.82, 2.24) is 0 Å². The fourth-order valence-corrected chi connectivity index (χ4v) is 6.88. The van der Waals surface area contributed by atoms with Gasteiger partial charge in [0.15, 0.2) is 0 Å². The number of anilines is 1. The van der Waals surface area contributed by atoms with E-state index in [1.54, 1.807) is 12.1 Å². The quantitative estimate of drug-likeness (QED) is 0.0418. The summed E-state index contributed by atoms with van der Waals surface area (Å²) in [5.74, 6) is 0. The van der Waals surface area contributed by atoms with Gasteiger partial charge in [0.25, 0.3) is 20.2 Å². The first-order valence-electron chi connectivity index (χ1n) is 17.6. The zero-order valence-electron chi connectivity index (χ0n) is 28.9. The van der Waals surface area contributed by atoms with Crippen molar-refractivity contribution < 1.29 is 49.7 Å². The van der Waals surface area contributed by atoms with E-state index in [4.69, 9.17) is 13.6 Å². The fraction of sp³-hybridized carbons (Fsp3) is 0.667. The SMILES string of the molecule is CCCCCCCCCCCCc1cccc(S(=O)(=O)O)c1CCCCCCCCCCCC.Nc1ccc(S(=O)(=O)O)cc1.[O]=[Ti]. The van der Waals surface area contributed by atoms with Crippen LogP contribution in [0.4, 0.5) is 5.69 Å². The zero-order valence-corrected chi connectivity index (χ0v) is 32.1. The van der Waals surface area contributed by atoms with Crippen molar-refractivity contribution in [2.24, 2.45) is 0 Å². The molecule has 11 heteroatoms. The average Bonchev–Trinajstić information content (AvgIpc) is 3.03. The van der Waals surface area contributed by atoms with Crippen molar-refractivity contribution in [2.75, 3.05) is 5.73 Å². The van der Waals surface area contributed by atoms with E-state index < -0.39 is 20.2 Å². The summed E-state index contributed by atoms with van der Waals surface area (Å²) in [7, 11) is -8.25. The second-order valence-corrected chi connectivity index (χ2v) is 15.1. The van der Waals surface area contributed by atoms with Gasteiger partial charge in [-0.05, 0) is 67.1 Å². The molecule has 0 aromatic heterocycles. The van der Waals surface area contributed by atoms with Crippen molar-refractivity contribution in [3.63, 3.8) is 0 Å². The normalized spacial score (nSPS) is 11.3. The maximum absolute atomic E-state index is 12.0. The van der Waals surface area contributed by atoms with Crippen molar-refractivity contribution in [2.45, 2.75) is 165 Å². The number of hydrogen-bond acceptors (Lipinski definition) is 6. The molecular weight excluding hydrogens is 670 g/mol. The van der Waals surface area contributed by atoms with Crippen molar-refractivity contribution in [3.05, 3.63) is 53.6 Å². The molecule has 2 rings (SSSR count). The van der Waals surface area contributed by atoms with E-state index in [-0.39, 0.29) is 9.79 Å². The third-order valence-electron chi connectivity index (χ3n) is 8.27. The van der Waals surface area contributed by atoms with Gasteiger partial charge in [0.05, 0.1) is 9.79 Å². The van der Waals surface area contributed by atoms with Gasteiger partial charge in [-0.2, -0.15) is 16.8 Å². The van der Waals surface area contributed by atoms with Gasteiger partial charge < -0.3 is 5.73 Å². The summed E-state index contributed by atoms with van der Waals surface area (Å²) >= 11 is 0.750. The molecule has 2 aromatic carbocycles. The van der Waals surface area contributed by atoms with Gasteiger partial charge in [-0.3, -0.25) is 9.11 Å². The van der Waals surface area contributed by atoms with Crippen molar-refractivity contribution >= 4 is 25.9 Å². The van der Waals surface area contributed by atoms with Gasteiger partial charge in [-0.25, -0.2) is 0 Å². The first-order chi connectivity index (χ1) is 22.5. The Labute approximate surface area is 298 Å². The van der Waals surface area contributed by atoms with Crippen molar-refractivity contribution in [3.8, 4) is 0 Å². The number of nitrogens with two attached hydrogens (primary N) is 1. The maximum atomic E-state index is 12.0. The predicted octanol–water partition coefficient (Wildman–Crippen LogP) is 10.3. The van der Waals surface area contributed by atoms with E-state index in [0.29, 0.717) is 5.69 Å². The Kier molecular flexibility index (Phi) is 27.6. The monoisotopic (exact) mass is 731 g/mol. The molecule has 0 radical (unpaired) electrons. The number of hydrogen-bond donors (Lipinski definition) is 3. The molecule has 0 saturated heterocycles. The first kappa shape index (κ1) is 45.6. The molecule has 47 heavy (non-hydrogen) atoms. The molecule has 0 amide bonds. The summed E-state index contributed by atoms with van der Waals surface area (Å²) in [6.45, 7) is 4.51. The van der Waals surface area contributed by atoms with Crippen LogP contribution in [0.5, 0.6) is 0 Å². The molecule has 0 saturated carbocycles. The predicted molar refractivity (Wildman–Crippen MR) is 189 cm³/mol. The minimum absolute atomic E-state index is 0.132. The molecule has 0 aliphatic heterocycles. The second kappa shape index (κ2) is 28.4. The van der Waals surface area contributed by atoms with Gasteiger partial charge in [0, 0.05) is 5.69 Å². The fourth-order valence-electron chi connectivity index (χ4n) is 5.60. The summed E-state index contributed by atoms with van der Waals surface area (Å²) in [4.78, 5) is -0.0142. The molecule has 0 heterocycles. The number of aryl methyl sites for hydroxylation is 1. The van der Waals surface area contributed by atoms with Crippen LogP contribution in [0.3, 0.4) is 0 Å². The van der Waals surface area contributed by atoms with Crippen LogP contribution in [0.25, 0.3) is 0 Å². The third kappa shape index (κ3) is 23.5. The summed E-state index contributed by atoms with van der Waals surface area (Å²) in [6.07, 6.45) is 27.3. The van der Waals surface area contributed by atoms with Crippen LogP contribution in [0.15, 0.2) is 52.3 Å². The Morgan fingerprint density at radius 3 is 1.30 bits per heavy atom. The number of benzene rings is 2. The van der Waals surface area contributed by atoms with Crippen LogP contribution in [-0.4, -0.2) is 25.9 Å². The Bertz CT molecular complexity index is 1270. The van der Waals surface area contributed by atoms with E-state index in [0.717, 1.165) is 63.6 Å². The van der Waals surface area contributed by atoms with Crippen LogP contribution in [0.1, 0.15) is 153 Å². The van der Waals surface area contributed by atoms with E-state index >= 15 is 0 Å². The van der Waals surface area contributed by atoms with Gasteiger partial charge in [-0.1, -0.05) is 142 Å². The van der Waals surface area contributed by atoms with Gasteiger partial charge >= 0.3 is 23.7 Å². The molecule has 0 aliphatic carbocycles. The summed E-state index contributed by atoms with van der Waals surface area (Å²) < 4.78 is 71.4. The molecule has 0 fully saturated rings. The Balaban J connectivity index is 0.00000135. The van der Waals surface area contributed by atoms with Crippen LogP contribution >= 0.6 is 0 Å². The molecule has 4 N–H and O–H groups in total. The van der Waals surface area contributed by atoms with Crippen LogP contribution < -0.4 is 5.73 Å². The van der Waals surface area contributed by atoms with E-state index in [2.05, 4.69) is 19.9 Å². The Hall–Kier alpha value is -1.43. The summed E-state index contributed by atoms with van der Waals surface area (Å²) in [5.41, 5.74) is 7.73.